The Bertz CT molecular complexity index is 376. The third kappa shape index (κ3) is 4.21. The predicted octanol–water partition coefficient (Wildman–Crippen LogP) is 3.02. The standard InChI is InChI=1S/C11H11Cl2NO2/c12-7-1-2-10(15)14-9-5-3-8(4-6-9)11(13)16/h3-6H,1-2,7H2,(H,14,15). The molecule has 0 aliphatic carbocycles. The second kappa shape index (κ2) is 6.51. The first-order valence-electron chi connectivity index (χ1n) is 4.79. The highest BCUT2D eigenvalue weighted by molar-refractivity contribution is 6.67. The third-order valence-electron chi connectivity index (χ3n) is 1.93. The van der Waals surface area contributed by atoms with Crippen LogP contribution >= 0.6 is 23.2 Å². The molecule has 0 spiro atoms. The van der Waals surface area contributed by atoms with Crippen molar-refractivity contribution in [2.45, 2.75) is 12.8 Å². The summed E-state index contributed by atoms with van der Waals surface area (Å²) >= 11 is 10.8. The van der Waals surface area contributed by atoms with Crippen molar-refractivity contribution in [3.05, 3.63) is 29.8 Å². The minimum atomic E-state index is -0.514. The molecule has 0 aromatic heterocycles. The topological polar surface area (TPSA) is 46.2 Å². The molecule has 5 heteroatoms. The molecule has 1 rings (SSSR count). The van der Waals surface area contributed by atoms with Gasteiger partial charge in [0, 0.05) is 23.6 Å². The maximum Gasteiger partial charge on any atom is 0.252 e. The molecular weight excluding hydrogens is 249 g/mol. The number of nitrogens with one attached hydrogen (secondary N) is 1. The molecule has 1 amide bonds. The summed E-state index contributed by atoms with van der Waals surface area (Å²) in [5, 5.41) is 2.18. The van der Waals surface area contributed by atoms with E-state index in [9.17, 15) is 9.59 Å². The van der Waals surface area contributed by atoms with E-state index in [0.717, 1.165) is 0 Å². The fraction of sp³-hybridized carbons (Fsp3) is 0.273. The van der Waals surface area contributed by atoms with Gasteiger partial charge in [-0.2, -0.15) is 0 Å². The van der Waals surface area contributed by atoms with E-state index in [1.165, 1.54) is 0 Å². The molecule has 3 nitrogen and oxygen atoms in total. The molecule has 1 aromatic carbocycles. The van der Waals surface area contributed by atoms with Crippen molar-refractivity contribution in [2.24, 2.45) is 0 Å². The highest BCUT2D eigenvalue weighted by atomic mass is 35.5. The number of benzene rings is 1. The molecule has 1 N–H and O–H groups in total. The average Bonchev–Trinajstić information content (AvgIpc) is 2.27. The fourth-order valence-corrected chi connectivity index (χ4v) is 1.40. The Morgan fingerprint density at radius 2 is 1.81 bits per heavy atom. The normalized spacial score (nSPS) is 9.88. The Hall–Kier alpha value is -1.06. The van der Waals surface area contributed by atoms with Crippen LogP contribution in [-0.2, 0) is 4.79 Å². The van der Waals surface area contributed by atoms with E-state index in [1.54, 1.807) is 24.3 Å². The minimum absolute atomic E-state index is 0.0920. The van der Waals surface area contributed by atoms with Crippen molar-refractivity contribution < 1.29 is 9.59 Å². The molecule has 0 aliphatic heterocycles. The fourth-order valence-electron chi connectivity index (χ4n) is 1.14. The van der Waals surface area contributed by atoms with Crippen LogP contribution in [0.5, 0.6) is 0 Å². The quantitative estimate of drug-likeness (QED) is 0.653. The van der Waals surface area contributed by atoms with Crippen LogP contribution in [0.1, 0.15) is 23.2 Å². The summed E-state index contributed by atoms with van der Waals surface area (Å²) in [6.07, 6.45) is 1.03. The van der Waals surface area contributed by atoms with Gasteiger partial charge in [-0.1, -0.05) is 0 Å². The van der Waals surface area contributed by atoms with E-state index in [1.807, 2.05) is 0 Å². The second-order valence-electron chi connectivity index (χ2n) is 3.19. The Kier molecular flexibility index (Phi) is 5.29. The molecule has 0 radical (unpaired) electrons. The molecule has 16 heavy (non-hydrogen) atoms. The van der Waals surface area contributed by atoms with Gasteiger partial charge in [0.1, 0.15) is 0 Å². The molecule has 0 saturated carbocycles. The summed E-state index contributed by atoms with van der Waals surface area (Å²) in [6, 6.07) is 6.39. The number of amides is 1. The van der Waals surface area contributed by atoms with Gasteiger partial charge in [-0.3, -0.25) is 9.59 Å². The molecule has 86 valence electrons. The second-order valence-corrected chi connectivity index (χ2v) is 3.91. The number of rotatable bonds is 5. The van der Waals surface area contributed by atoms with Gasteiger partial charge in [-0.25, -0.2) is 0 Å². The summed E-state index contributed by atoms with van der Waals surface area (Å²) in [6.45, 7) is 0. The Balaban J connectivity index is 2.55. The van der Waals surface area contributed by atoms with E-state index in [-0.39, 0.29) is 5.91 Å². The van der Waals surface area contributed by atoms with E-state index in [0.29, 0.717) is 30.0 Å². The van der Waals surface area contributed by atoms with Gasteiger partial charge in [-0.05, 0) is 42.3 Å². The van der Waals surface area contributed by atoms with Gasteiger partial charge in [-0.15, -0.1) is 11.6 Å². The van der Waals surface area contributed by atoms with Gasteiger partial charge >= 0.3 is 0 Å². The monoisotopic (exact) mass is 259 g/mol. The highest BCUT2D eigenvalue weighted by Crippen LogP contribution is 2.11. The Morgan fingerprint density at radius 3 is 2.31 bits per heavy atom. The van der Waals surface area contributed by atoms with Gasteiger partial charge in [0.05, 0.1) is 0 Å². The van der Waals surface area contributed by atoms with Crippen LogP contribution in [0, 0.1) is 0 Å². The lowest BCUT2D eigenvalue weighted by Gasteiger charge is -2.04. The summed E-state index contributed by atoms with van der Waals surface area (Å²) in [7, 11) is 0. The number of hydrogen-bond acceptors (Lipinski definition) is 2. The van der Waals surface area contributed by atoms with E-state index in [2.05, 4.69) is 5.32 Å². The van der Waals surface area contributed by atoms with E-state index < -0.39 is 5.24 Å². The zero-order valence-electron chi connectivity index (χ0n) is 8.50. The van der Waals surface area contributed by atoms with Gasteiger partial charge in [0.15, 0.2) is 0 Å². The predicted molar refractivity (Wildman–Crippen MR) is 65.2 cm³/mol. The molecule has 0 fully saturated rings. The first kappa shape index (κ1) is 13.0. The number of alkyl halides is 1. The van der Waals surface area contributed by atoms with Crippen molar-refractivity contribution in [3.8, 4) is 0 Å². The van der Waals surface area contributed by atoms with Crippen LogP contribution in [0.4, 0.5) is 5.69 Å². The summed E-state index contributed by atoms with van der Waals surface area (Å²) in [5.41, 5.74) is 1.04. The first-order valence-corrected chi connectivity index (χ1v) is 5.70. The van der Waals surface area contributed by atoms with Crippen LogP contribution in [0.15, 0.2) is 24.3 Å². The Morgan fingerprint density at radius 1 is 1.19 bits per heavy atom. The summed E-state index contributed by atoms with van der Waals surface area (Å²) in [5.74, 6) is 0.373. The average molecular weight is 260 g/mol. The number of anilines is 1. The minimum Gasteiger partial charge on any atom is -0.326 e. The summed E-state index contributed by atoms with van der Waals surface area (Å²) < 4.78 is 0. The van der Waals surface area contributed by atoms with Crippen LogP contribution in [0.2, 0.25) is 0 Å². The van der Waals surface area contributed by atoms with E-state index >= 15 is 0 Å². The van der Waals surface area contributed by atoms with Crippen molar-refractivity contribution in [2.75, 3.05) is 11.2 Å². The lowest BCUT2D eigenvalue weighted by molar-refractivity contribution is -0.116. The van der Waals surface area contributed by atoms with Crippen LogP contribution in [-0.4, -0.2) is 17.0 Å². The molecule has 0 aliphatic rings. The van der Waals surface area contributed by atoms with Gasteiger partial charge < -0.3 is 5.32 Å². The van der Waals surface area contributed by atoms with Crippen molar-refractivity contribution in [1.29, 1.82) is 0 Å². The molecule has 0 saturated heterocycles. The lowest BCUT2D eigenvalue weighted by Crippen LogP contribution is -2.11. The lowest BCUT2D eigenvalue weighted by atomic mass is 10.2. The molecular formula is C11H11Cl2NO2. The maximum absolute atomic E-state index is 11.3. The maximum atomic E-state index is 11.3. The Labute approximate surface area is 104 Å². The van der Waals surface area contributed by atoms with Crippen molar-refractivity contribution >= 4 is 40.0 Å². The zero-order chi connectivity index (χ0) is 12.0. The number of hydrogen-bond donors (Lipinski definition) is 1. The van der Waals surface area contributed by atoms with E-state index in [4.69, 9.17) is 23.2 Å². The molecule has 0 unspecified atom stereocenters. The first-order chi connectivity index (χ1) is 7.63. The van der Waals surface area contributed by atoms with Crippen LogP contribution in [0.3, 0.4) is 0 Å². The third-order valence-corrected chi connectivity index (χ3v) is 2.42. The van der Waals surface area contributed by atoms with Gasteiger partial charge in [0.2, 0.25) is 5.91 Å². The number of carbonyl (C=O) groups excluding carboxylic acids is 2. The SMILES string of the molecule is O=C(CCCCl)Nc1ccc(C(=O)Cl)cc1. The van der Waals surface area contributed by atoms with Crippen molar-refractivity contribution in [1.82, 2.24) is 0 Å². The molecule has 0 bridgehead atoms. The number of carbonyl (C=O) groups is 2. The summed E-state index contributed by atoms with van der Waals surface area (Å²) in [4.78, 5) is 22.1. The zero-order valence-corrected chi connectivity index (χ0v) is 10.0. The van der Waals surface area contributed by atoms with Crippen LogP contribution in [0.25, 0.3) is 0 Å². The molecule has 0 heterocycles. The largest absolute Gasteiger partial charge is 0.326 e. The molecule has 1 aromatic rings. The molecule has 0 atom stereocenters. The van der Waals surface area contributed by atoms with Gasteiger partial charge in [0.25, 0.3) is 5.24 Å². The number of halogens is 2. The highest BCUT2D eigenvalue weighted by Gasteiger charge is 2.03. The van der Waals surface area contributed by atoms with Crippen molar-refractivity contribution in [3.63, 3.8) is 0 Å². The smallest absolute Gasteiger partial charge is 0.252 e. The van der Waals surface area contributed by atoms with Crippen LogP contribution < -0.4 is 5.32 Å².